The fourth-order valence-corrected chi connectivity index (χ4v) is 3.60. The van der Waals surface area contributed by atoms with Crippen LogP contribution >= 0.6 is 11.6 Å². The smallest absolute Gasteiger partial charge is 0.431 e. The lowest BCUT2D eigenvalue weighted by atomic mass is 10.2. The van der Waals surface area contributed by atoms with E-state index in [0.717, 1.165) is 6.07 Å². The molecule has 1 atom stereocenters. The number of halogens is 4. The summed E-state index contributed by atoms with van der Waals surface area (Å²) in [5.74, 6) is 0. The maximum Gasteiger partial charge on any atom is 0.431 e. The van der Waals surface area contributed by atoms with Crippen LogP contribution in [-0.2, 0) is 17.4 Å². The fraction of sp³-hybridized carbons (Fsp3) is 0.0588. The van der Waals surface area contributed by atoms with Gasteiger partial charge in [-0.3, -0.25) is 0 Å². The molecule has 0 spiro atoms. The van der Waals surface area contributed by atoms with Gasteiger partial charge in [0.25, 0.3) is 0 Å². The van der Waals surface area contributed by atoms with Crippen molar-refractivity contribution >= 4 is 22.8 Å². The average Bonchev–Trinajstić information content (AvgIpc) is 3.01. The van der Waals surface area contributed by atoms with Crippen LogP contribution in [0.15, 0.2) is 70.5 Å². The van der Waals surface area contributed by atoms with Crippen molar-refractivity contribution in [1.82, 2.24) is 4.98 Å². The number of aromatic nitrogens is 1. The molecule has 0 fully saturated rings. The van der Waals surface area contributed by atoms with Gasteiger partial charge in [-0.15, -0.1) is 0 Å². The van der Waals surface area contributed by atoms with Gasteiger partial charge in [0.15, 0.2) is 9.79 Å². The predicted molar refractivity (Wildman–Crippen MR) is 87.4 cm³/mol. The van der Waals surface area contributed by atoms with Crippen LogP contribution in [-0.4, -0.2) is 9.54 Å². The molecule has 0 saturated heterocycles. The molecule has 1 heterocycles. The summed E-state index contributed by atoms with van der Waals surface area (Å²) in [6.07, 6.45) is -4.56. The molecule has 0 aliphatic rings. The molecular formula is C17H11ClF3NOS. The number of rotatable bonds is 3. The molecule has 7 heteroatoms. The van der Waals surface area contributed by atoms with E-state index in [1.54, 1.807) is 54.6 Å². The monoisotopic (exact) mass is 369 g/mol. The Bertz CT molecular complexity index is 831. The summed E-state index contributed by atoms with van der Waals surface area (Å²) < 4.78 is 52.0. The third-order valence-electron chi connectivity index (χ3n) is 3.38. The molecule has 0 amide bonds. The molecule has 3 rings (SSSR count). The van der Waals surface area contributed by atoms with Crippen LogP contribution in [0.25, 0.3) is 11.3 Å². The molecule has 24 heavy (non-hydrogen) atoms. The Morgan fingerprint density at radius 1 is 0.958 bits per heavy atom. The molecule has 0 bridgehead atoms. The highest BCUT2D eigenvalue weighted by atomic mass is 35.5. The van der Waals surface area contributed by atoms with Crippen molar-refractivity contribution in [2.75, 3.05) is 0 Å². The second kappa shape index (κ2) is 6.55. The Morgan fingerprint density at radius 2 is 1.58 bits per heavy atom. The number of benzene rings is 2. The summed E-state index contributed by atoms with van der Waals surface area (Å²) in [6.45, 7) is 0. The summed E-state index contributed by atoms with van der Waals surface area (Å²) in [5, 5.41) is 0.465. The lowest BCUT2D eigenvalue weighted by Crippen LogP contribution is -2.05. The van der Waals surface area contributed by atoms with E-state index in [9.17, 15) is 17.7 Å². The Kier molecular flexibility index (Phi) is 4.62. The highest BCUT2D eigenvalue weighted by Crippen LogP contribution is 2.37. The van der Waals surface area contributed by atoms with Gasteiger partial charge in [-0.05, 0) is 24.3 Å². The first-order valence-corrected chi connectivity index (χ1v) is 8.42. The number of aromatic amines is 1. The summed E-state index contributed by atoms with van der Waals surface area (Å²) >= 11 is 4.08. The zero-order valence-electron chi connectivity index (χ0n) is 12.1. The molecule has 0 aliphatic heterocycles. The Balaban J connectivity index is 2.13. The quantitative estimate of drug-likeness (QED) is 0.606. The number of nitrogens with one attached hydrogen (secondary N) is 1. The van der Waals surface area contributed by atoms with Gasteiger partial charge in [-0.2, -0.15) is 13.2 Å². The molecule has 1 N–H and O–H groups in total. The normalized spacial score (nSPS) is 13.0. The topological polar surface area (TPSA) is 38.8 Å². The van der Waals surface area contributed by atoms with E-state index in [1.165, 1.54) is 0 Å². The standard InChI is InChI=1S/C17H11ClF3NOS/c18-12-8-6-11(7-9-12)16-14(10-15(22-16)17(19,20)21)24(23)13-4-2-1-3-5-13/h1-10,22H. The summed E-state index contributed by atoms with van der Waals surface area (Å²) in [6, 6.07) is 15.6. The molecular weight excluding hydrogens is 359 g/mol. The maximum absolute atomic E-state index is 13.1. The van der Waals surface area contributed by atoms with E-state index in [-0.39, 0.29) is 10.6 Å². The molecule has 124 valence electrons. The second-order valence-corrected chi connectivity index (χ2v) is 6.89. The summed E-state index contributed by atoms with van der Waals surface area (Å²) in [5.41, 5.74) is -0.290. The molecule has 2 nitrogen and oxygen atoms in total. The first-order chi connectivity index (χ1) is 11.4. The average molecular weight is 370 g/mol. The Hall–Kier alpha value is -1.89. The van der Waals surface area contributed by atoms with Gasteiger partial charge < -0.3 is 9.54 Å². The highest BCUT2D eigenvalue weighted by molar-refractivity contribution is 7.91. The maximum atomic E-state index is 13.1. The molecule has 1 unspecified atom stereocenters. The van der Waals surface area contributed by atoms with Crippen LogP contribution in [0.1, 0.15) is 5.69 Å². The predicted octanol–water partition coefficient (Wildman–Crippen LogP) is 5.52. The third-order valence-corrected chi connectivity index (χ3v) is 5.05. The van der Waals surface area contributed by atoms with E-state index in [2.05, 4.69) is 4.98 Å². The summed E-state index contributed by atoms with van der Waals surface area (Å²) in [7, 11) is 0. The summed E-state index contributed by atoms with van der Waals surface area (Å²) in [4.78, 5) is 2.86. The van der Waals surface area contributed by atoms with Crippen LogP contribution in [0.2, 0.25) is 5.02 Å². The van der Waals surface area contributed by atoms with E-state index in [0.29, 0.717) is 15.5 Å². The third kappa shape index (κ3) is 3.45. The molecule has 1 aromatic heterocycles. The van der Waals surface area contributed by atoms with E-state index in [4.69, 9.17) is 11.6 Å². The van der Waals surface area contributed by atoms with Crippen LogP contribution in [0.5, 0.6) is 0 Å². The Morgan fingerprint density at radius 3 is 2.17 bits per heavy atom. The lowest BCUT2D eigenvalue weighted by molar-refractivity contribution is -0.140. The van der Waals surface area contributed by atoms with E-state index in [1.807, 2.05) is 0 Å². The first-order valence-electron chi connectivity index (χ1n) is 6.89. The van der Waals surface area contributed by atoms with Gasteiger partial charge in [-0.25, -0.2) is 0 Å². The van der Waals surface area contributed by atoms with Gasteiger partial charge in [0, 0.05) is 27.8 Å². The largest absolute Gasteiger partial charge is 0.606 e. The van der Waals surface area contributed by atoms with Gasteiger partial charge in [0.05, 0.1) is 0 Å². The van der Waals surface area contributed by atoms with Crippen LogP contribution in [0.4, 0.5) is 13.2 Å². The van der Waals surface area contributed by atoms with Crippen molar-refractivity contribution in [2.24, 2.45) is 0 Å². The van der Waals surface area contributed by atoms with E-state index >= 15 is 0 Å². The lowest BCUT2D eigenvalue weighted by Gasteiger charge is -2.10. The molecule has 0 saturated carbocycles. The first kappa shape index (κ1) is 17.0. The van der Waals surface area contributed by atoms with Gasteiger partial charge in [0.1, 0.15) is 11.4 Å². The molecule has 2 aromatic carbocycles. The number of alkyl halides is 3. The van der Waals surface area contributed by atoms with Crippen molar-refractivity contribution in [1.29, 1.82) is 0 Å². The van der Waals surface area contributed by atoms with Crippen molar-refractivity contribution in [3.05, 3.63) is 71.4 Å². The van der Waals surface area contributed by atoms with Crippen molar-refractivity contribution in [3.8, 4) is 11.3 Å². The molecule has 3 aromatic rings. The number of hydrogen-bond donors (Lipinski definition) is 1. The number of H-pyrrole nitrogens is 1. The second-order valence-electron chi connectivity index (χ2n) is 5.01. The molecule has 0 radical (unpaired) electrons. The zero-order valence-corrected chi connectivity index (χ0v) is 13.7. The van der Waals surface area contributed by atoms with Crippen LogP contribution < -0.4 is 0 Å². The van der Waals surface area contributed by atoms with Crippen LogP contribution in [0.3, 0.4) is 0 Å². The SMILES string of the molecule is [O-][S+](c1ccccc1)c1cc(C(F)(F)F)[nH]c1-c1ccc(Cl)cc1. The van der Waals surface area contributed by atoms with Gasteiger partial charge in [0.2, 0.25) is 0 Å². The highest BCUT2D eigenvalue weighted by Gasteiger charge is 2.36. The minimum Gasteiger partial charge on any atom is -0.606 e. The molecule has 0 aliphatic carbocycles. The Labute approximate surface area is 144 Å². The van der Waals surface area contributed by atoms with Crippen molar-refractivity contribution < 1.29 is 17.7 Å². The van der Waals surface area contributed by atoms with Gasteiger partial charge in [-0.1, -0.05) is 41.9 Å². The zero-order chi connectivity index (χ0) is 17.3. The van der Waals surface area contributed by atoms with Crippen molar-refractivity contribution in [2.45, 2.75) is 16.0 Å². The van der Waals surface area contributed by atoms with E-state index < -0.39 is 23.0 Å². The van der Waals surface area contributed by atoms with Gasteiger partial charge >= 0.3 is 6.18 Å². The minimum atomic E-state index is -4.56. The van der Waals surface area contributed by atoms with Crippen LogP contribution in [0, 0.1) is 0 Å². The number of hydrogen-bond acceptors (Lipinski definition) is 1. The minimum absolute atomic E-state index is 0.0795. The van der Waals surface area contributed by atoms with Crippen molar-refractivity contribution in [3.63, 3.8) is 0 Å². The fourth-order valence-electron chi connectivity index (χ4n) is 2.24.